The molecule has 1 aromatic heterocycles. The average molecular weight is 346 g/mol. The van der Waals surface area contributed by atoms with Gasteiger partial charge in [0.15, 0.2) is 5.16 Å². The Morgan fingerprint density at radius 3 is 2.83 bits per heavy atom. The number of hydrogen-bond acceptors (Lipinski definition) is 5. The Balaban J connectivity index is 1.50. The third-order valence-corrected chi connectivity index (χ3v) is 4.89. The minimum absolute atomic E-state index is 0.112. The van der Waals surface area contributed by atoms with Gasteiger partial charge in [-0.3, -0.25) is 4.90 Å². The summed E-state index contributed by atoms with van der Waals surface area (Å²) in [5.74, 6) is -0.112. The summed E-state index contributed by atoms with van der Waals surface area (Å²) in [5.41, 5.74) is 1.87. The van der Waals surface area contributed by atoms with Crippen molar-refractivity contribution in [2.45, 2.75) is 37.1 Å². The largest absolute Gasteiger partial charge is 0.309 e. The number of benzene rings is 1. The third kappa shape index (κ3) is 4.75. The summed E-state index contributed by atoms with van der Waals surface area (Å²) < 4.78 is 13.8. The van der Waals surface area contributed by atoms with E-state index in [4.69, 9.17) is 0 Å². The van der Waals surface area contributed by atoms with Gasteiger partial charge in [0, 0.05) is 49.2 Å². The lowest BCUT2D eigenvalue weighted by molar-refractivity contribution is 0.181. The van der Waals surface area contributed by atoms with Gasteiger partial charge in [0.1, 0.15) is 5.82 Å². The van der Waals surface area contributed by atoms with E-state index in [2.05, 4.69) is 20.2 Å². The summed E-state index contributed by atoms with van der Waals surface area (Å²) >= 11 is 1.55. The number of piperidine rings is 1. The number of likely N-dealkylation sites (tertiary alicyclic amines) is 1. The summed E-state index contributed by atoms with van der Waals surface area (Å²) in [6, 6.07) is 7.47. The molecule has 1 atom stereocenters. The SMILES string of the molecule is CSc1ncc(CN[C@@H]2CCCN(Cc3ccccc3F)C2)cn1. The summed E-state index contributed by atoms with van der Waals surface area (Å²) in [7, 11) is 0. The first-order valence-corrected chi connectivity index (χ1v) is 9.51. The molecular formula is C18H23FN4S. The number of rotatable bonds is 6. The predicted octanol–water partition coefficient (Wildman–Crippen LogP) is 3.09. The zero-order valence-electron chi connectivity index (χ0n) is 13.9. The van der Waals surface area contributed by atoms with Crippen molar-refractivity contribution in [3.05, 3.63) is 53.6 Å². The zero-order valence-corrected chi connectivity index (χ0v) is 14.7. The Morgan fingerprint density at radius 2 is 2.08 bits per heavy atom. The molecule has 0 amide bonds. The molecule has 0 saturated carbocycles. The third-order valence-electron chi connectivity index (χ3n) is 4.32. The number of hydrogen-bond donors (Lipinski definition) is 1. The van der Waals surface area contributed by atoms with Gasteiger partial charge in [-0.15, -0.1) is 0 Å². The lowest BCUT2D eigenvalue weighted by Gasteiger charge is -2.33. The highest BCUT2D eigenvalue weighted by Crippen LogP contribution is 2.16. The quantitative estimate of drug-likeness (QED) is 0.643. The monoisotopic (exact) mass is 346 g/mol. The van der Waals surface area contributed by atoms with E-state index in [1.165, 1.54) is 6.07 Å². The maximum absolute atomic E-state index is 13.8. The summed E-state index contributed by atoms with van der Waals surface area (Å²) in [4.78, 5) is 10.9. The van der Waals surface area contributed by atoms with E-state index in [1.807, 2.05) is 30.8 Å². The molecule has 0 radical (unpaired) electrons. The molecule has 1 saturated heterocycles. The standard InChI is InChI=1S/C18H23FN4S/c1-24-18-21-10-14(11-22-18)9-20-16-6-4-8-23(13-16)12-15-5-2-3-7-17(15)19/h2-3,5,7,10-11,16,20H,4,6,8-9,12-13H2,1H3/t16-/m1/s1. The van der Waals surface area contributed by atoms with Crippen molar-refractivity contribution in [3.8, 4) is 0 Å². The molecule has 2 heterocycles. The van der Waals surface area contributed by atoms with E-state index in [1.54, 1.807) is 17.8 Å². The maximum atomic E-state index is 13.8. The van der Waals surface area contributed by atoms with Crippen LogP contribution in [0.15, 0.2) is 41.8 Å². The maximum Gasteiger partial charge on any atom is 0.187 e. The van der Waals surface area contributed by atoms with Crippen LogP contribution in [0.4, 0.5) is 4.39 Å². The number of aromatic nitrogens is 2. The normalized spacial score (nSPS) is 18.7. The van der Waals surface area contributed by atoms with E-state index in [9.17, 15) is 4.39 Å². The number of nitrogens with one attached hydrogen (secondary N) is 1. The van der Waals surface area contributed by atoms with Gasteiger partial charge in [-0.25, -0.2) is 14.4 Å². The first-order chi connectivity index (χ1) is 11.7. The Kier molecular flexibility index (Phi) is 6.18. The van der Waals surface area contributed by atoms with Crippen LogP contribution in [0, 0.1) is 5.82 Å². The van der Waals surface area contributed by atoms with E-state index in [-0.39, 0.29) is 5.82 Å². The first kappa shape index (κ1) is 17.3. The van der Waals surface area contributed by atoms with Crippen LogP contribution in [-0.4, -0.2) is 40.3 Å². The highest BCUT2D eigenvalue weighted by molar-refractivity contribution is 7.98. The van der Waals surface area contributed by atoms with Gasteiger partial charge in [0.05, 0.1) is 0 Å². The second-order valence-corrected chi connectivity index (χ2v) is 6.90. The average Bonchev–Trinajstić information content (AvgIpc) is 2.63. The smallest absolute Gasteiger partial charge is 0.187 e. The number of halogens is 1. The molecule has 1 aliphatic rings. The van der Waals surface area contributed by atoms with Gasteiger partial charge in [-0.2, -0.15) is 0 Å². The van der Waals surface area contributed by atoms with E-state index in [0.29, 0.717) is 12.6 Å². The van der Waals surface area contributed by atoms with Gasteiger partial charge in [-0.05, 0) is 31.7 Å². The zero-order chi connectivity index (χ0) is 16.8. The fourth-order valence-corrected chi connectivity index (χ4v) is 3.35. The lowest BCUT2D eigenvalue weighted by Crippen LogP contribution is -2.45. The van der Waals surface area contributed by atoms with E-state index < -0.39 is 0 Å². The van der Waals surface area contributed by atoms with Gasteiger partial charge in [0.2, 0.25) is 0 Å². The van der Waals surface area contributed by atoms with Crippen molar-refractivity contribution in [1.82, 2.24) is 20.2 Å². The van der Waals surface area contributed by atoms with Gasteiger partial charge < -0.3 is 5.32 Å². The minimum atomic E-state index is -0.112. The van der Waals surface area contributed by atoms with Crippen LogP contribution in [-0.2, 0) is 13.1 Å². The Bertz CT molecular complexity index is 650. The fourth-order valence-electron chi connectivity index (χ4n) is 3.04. The van der Waals surface area contributed by atoms with E-state index >= 15 is 0 Å². The highest BCUT2D eigenvalue weighted by atomic mass is 32.2. The summed E-state index contributed by atoms with van der Waals surface area (Å²) in [6.07, 6.45) is 8.02. The van der Waals surface area contributed by atoms with Crippen LogP contribution < -0.4 is 5.32 Å². The van der Waals surface area contributed by atoms with Crippen molar-refractivity contribution in [2.24, 2.45) is 0 Å². The van der Waals surface area contributed by atoms with Gasteiger partial charge >= 0.3 is 0 Å². The van der Waals surface area contributed by atoms with Gasteiger partial charge in [-0.1, -0.05) is 30.0 Å². The van der Waals surface area contributed by atoms with E-state index in [0.717, 1.165) is 48.8 Å². The topological polar surface area (TPSA) is 41.1 Å². The molecule has 128 valence electrons. The van der Waals surface area contributed by atoms with Crippen LogP contribution >= 0.6 is 11.8 Å². The number of thioether (sulfide) groups is 1. The molecule has 3 rings (SSSR count). The summed E-state index contributed by atoms with van der Waals surface area (Å²) in [5, 5.41) is 4.38. The Labute approximate surface area is 146 Å². The second kappa shape index (κ2) is 8.55. The molecule has 1 fully saturated rings. The fraction of sp³-hybridized carbons (Fsp3) is 0.444. The van der Waals surface area contributed by atoms with Crippen molar-refractivity contribution >= 4 is 11.8 Å². The van der Waals surface area contributed by atoms with Crippen LogP contribution in [0.3, 0.4) is 0 Å². The summed E-state index contributed by atoms with van der Waals surface area (Å²) in [6.45, 7) is 3.42. The molecule has 0 spiro atoms. The molecule has 0 bridgehead atoms. The van der Waals surface area contributed by atoms with Crippen LogP contribution in [0.2, 0.25) is 0 Å². The van der Waals surface area contributed by atoms with Crippen LogP contribution in [0.5, 0.6) is 0 Å². The number of nitrogens with zero attached hydrogens (tertiary/aromatic N) is 3. The minimum Gasteiger partial charge on any atom is -0.309 e. The molecule has 6 heteroatoms. The van der Waals surface area contributed by atoms with Crippen molar-refractivity contribution < 1.29 is 4.39 Å². The lowest BCUT2D eigenvalue weighted by atomic mass is 10.0. The first-order valence-electron chi connectivity index (χ1n) is 8.28. The highest BCUT2D eigenvalue weighted by Gasteiger charge is 2.20. The molecule has 1 aromatic carbocycles. The molecule has 2 aromatic rings. The molecule has 1 aliphatic heterocycles. The molecule has 1 N–H and O–H groups in total. The predicted molar refractivity (Wildman–Crippen MR) is 95.4 cm³/mol. The molecule has 4 nitrogen and oxygen atoms in total. The van der Waals surface area contributed by atoms with Crippen LogP contribution in [0.1, 0.15) is 24.0 Å². The molecular weight excluding hydrogens is 323 g/mol. The Hall–Kier alpha value is -1.50. The van der Waals surface area contributed by atoms with Crippen molar-refractivity contribution in [2.75, 3.05) is 19.3 Å². The second-order valence-electron chi connectivity index (χ2n) is 6.12. The molecule has 24 heavy (non-hydrogen) atoms. The van der Waals surface area contributed by atoms with Crippen molar-refractivity contribution in [3.63, 3.8) is 0 Å². The Morgan fingerprint density at radius 1 is 1.29 bits per heavy atom. The van der Waals surface area contributed by atoms with Crippen molar-refractivity contribution in [1.29, 1.82) is 0 Å². The molecule has 0 unspecified atom stereocenters. The van der Waals surface area contributed by atoms with Crippen LogP contribution in [0.25, 0.3) is 0 Å². The van der Waals surface area contributed by atoms with Gasteiger partial charge in [0.25, 0.3) is 0 Å². The molecule has 0 aliphatic carbocycles.